The Hall–Kier alpha value is -1.49. The Labute approximate surface area is 65.2 Å². The summed E-state index contributed by atoms with van der Waals surface area (Å²) in [6.07, 6.45) is 6.56. The maximum atomic E-state index is 11.1. The molecule has 2 heteroatoms. The largest absolute Gasteiger partial charge is 0.461 e. The van der Waals surface area contributed by atoms with E-state index in [4.69, 9.17) is 10.8 Å². The summed E-state index contributed by atoms with van der Waals surface area (Å²) in [6.45, 7) is 1.81. The molecule has 0 unspecified atom stereocenters. The molecule has 1 aromatic rings. The SMILES string of the molecule is C#CCC(=O)c1occc1C. The maximum absolute atomic E-state index is 11.1. The number of furan rings is 1. The maximum Gasteiger partial charge on any atom is 0.210 e. The topological polar surface area (TPSA) is 30.2 Å². The smallest absolute Gasteiger partial charge is 0.210 e. The van der Waals surface area contributed by atoms with Crippen LogP contribution in [-0.4, -0.2) is 5.78 Å². The molecule has 1 aromatic heterocycles. The monoisotopic (exact) mass is 148 g/mol. The molecule has 0 amide bonds. The van der Waals surface area contributed by atoms with Gasteiger partial charge in [0, 0.05) is 0 Å². The molecule has 0 saturated carbocycles. The van der Waals surface area contributed by atoms with Gasteiger partial charge in [-0.1, -0.05) is 5.92 Å². The lowest BCUT2D eigenvalue weighted by Gasteiger charge is -1.90. The van der Waals surface area contributed by atoms with E-state index < -0.39 is 0 Å². The average molecular weight is 148 g/mol. The third-order valence-corrected chi connectivity index (χ3v) is 1.38. The normalized spacial score (nSPS) is 9.09. The first-order valence-corrected chi connectivity index (χ1v) is 3.26. The van der Waals surface area contributed by atoms with Crippen molar-refractivity contribution in [2.45, 2.75) is 13.3 Å². The number of terminal acetylenes is 1. The van der Waals surface area contributed by atoms with Gasteiger partial charge in [-0.3, -0.25) is 4.79 Å². The average Bonchev–Trinajstić information content (AvgIpc) is 2.36. The second-order valence-electron chi connectivity index (χ2n) is 2.24. The first-order chi connectivity index (χ1) is 5.25. The number of Topliss-reactive ketones (excluding diaryl/α,β-unsaturated/α-hetero) is 1. The zero-order valence-electron chi connectivity index (χ0n) is 6.26. The van der Waals surface area contributed by atoms with E-state index in [0.29, 0.717) is 5.76 Å². The van der Waals surface area contributed by atoms with E-state index in [2.05, 4.69) is 5.92 Å². The fraction of sp³-hybridized carbons (Fsp3) is 0.222. The molecule has 1 heterocycles. The van der Waals surface area contributed by atoms with Crippen LogP contribution in [0.3, 0.4) is 0 Å². The van der Waals surface area contributed by atoms with E-state index in [1.165, 1.54) is 6.26 Å². The Balaban J connectivity index is 2.86. The molecule has 2 nitrogen and oxygen atoms in total. The summed E-state index contributed by atoms with van der Waals surface area (Å²) in [4.78, 5) is 11.1. The molecule has 0 N–H and O–H groups in total. The van der Waals surface area contributed by atoms with E-state index >= 15 is 0 Å². The van der Waals surface area contributed by atoms with Crippen LogP contribution in [0.15, 0.2) is 16.7 Å². The second-order valence-corrected chi connectivity index (χ2v) is 2.24. The van der Waals surface area contributed by atoms with E-state index in [-0.39, 0.29) is 12.2 Å². The molecule has 0 atom stereocenters. The highest BCUT2D eigenvalue weighted by molar-refractivity contribution is 5.96. The van der Waals surface area contributed by atoms with Crippen molar-refractivity contribution < 1.29 is 9.21 Å². The predicted molar refractivity (Wildman–Crippen MR) is 41.2 cm³/mol. The minimum atomic E-state index is -0.130. The Morgan fingerprint density at radius 1 is 1.82 bits per heavy atom. The van der Waals surface area contributed by atoms with Crippen LogP contribution < -0.4 is 0 Å². The van der Waals surface area contributed by atoms with Crippen LogP contribution in [-0.2, 0) is 0 Å². The highest BCUT2D eigenvalue weighted by atomic mass is 16.3. The Morgan fingerprint density at radius 3 is 3.00 bits per heavy atom. The number of ketones is 1. The third kappa shape index (κ3) is 1.50. The van der Waals surface area contributed by atoms with E-state index in [1.54, 1.807) is 6.07 Å². The Morgan fingerprint density at radius 2 is 2.55 bits per heavy atom. The molecule has 0 aromatic carbocycles. The highest BCUT2D eigenvalue weighted by Crippen LogP contribution is 2.10. The van der Waals surface area contributed by atoms with Crippen LogP contribution in [0.2, 0.25) is 0 Å². The molecule has 11 heavy (non-hydrogen) atoms. The molecule has 1 rings (SSSR count). The highest BCUT2D eigenvalue weighted by Gasteiger charge is 2.09. The molecule has 56 valence electrons. The summed E-state index contributed by atoms with van der Waals surface area (Å²) in [5, 5.41) is 0. The van der Waals surface area contributed by atoms with Crippen LogP contribution in [0.25, 0.3) is 0 Å². The molecule has 0 radical (unpaired) electrons. The number of carbonyl (C=O) groups excluding carboxylic acids is 1. The van der Waals surface area contributed by atoms with Crippen molar-refractivity contribution in [2.24, 2.45) is 0 Å². The lowest BCUT2D eigenvalue weighted by atomic mass is 10.2. The van der Waals surface area contributed by atoms with Crippen molar-refractivity contribution in [1.82, 2.24) is 0 Å². The molecule has 0 fully saturated rings. The standard InChI is InChI=1S/C9H8O2/c1-3-4-8(10)9-7(2)5-6-11-9/h1,5-6H,4H2,2H3. The van der Waals surface area contributed by atoms with Gasteiger partial charge in [-0.05, 0) is 18.6 Å². The van der Waals surface area contributed by atoms with Crippen LogP contribution in [0.4, 0.5) is 0 Å². The van der Waals surface area contributed by atoms with Crippen LogP contribution in [0.1, 0.15) is 22.5 Å². The van der Waals surface area contributed by atoms with Gasteiger partial charge in [0.1, 0.15) is 0 Å². The van der Waals surface area contributed by atoms with Gasteiger partial charge < -0.3 is 4.42 Å². The molecule has 0 spiro atoms. The number of carbonyl (C=O) groups is 1. The quantitative estimate of drug-likeness (QED) is 0.472. The van der Waals surface area contributed by atoms with Crippen molar-refractivity contribution in [2.75, 3.05) is 0 Å². The molecule has 0 bridgehead atoms. The minimum Gasteiger partial charge on any atom is -0.461 e. The van der Waals surface area contributed by atoms with Crippen molar-refractivity contribution in [1.29, 1.82) is 0 Å². The lowest BCUT2D eigenvalue weighted by molar-refractivity contribution is 0.0971. The molecular weight excluding hydrogens is 140 g/mol. The summed E-state index contributed by atoms with van der Waals surface area (Å²) in [5.74, 6) is 2.52. The number of hydrogen-bond acceptors (Lipinski definition) is 2. The summed E-state index contributed by atoms with van der Waals surface area (Å²) in [5.41, 5.74) is 0.838. The van der Waals surface area contributed by atoms with E-state index in [0.717, 1.165) is 5.56 Å². The third-order valence-electron chi connectivity index (χ3n) is 1.38. The van der Waals surface area contributed by atoms with Gasteiger partial charge in [0.05, 0.1) is 12.7 Å². The zero-order chi connectivity index (χ0) is 8.27. The predicted octanol–water partition coefficient (Wildman–Crippen LogP) is 1.79. The second kappa shape index (κ2) is 3.07. The molecular formula is C9H8O2. The van der Waals surface area contributed by atoms with Gasteiger partial charge in [0.15, 0.2) is 5.76 Å². The van der Waals surface area contributed by atoms with Gasteiger partial charge in [-0.15, -0.1) is 6.42 Å². The van der Waals surface area contributed by atoms with Crippen LogP contribution >= 0.6 is 0 Å². The molecule has 0 saturated heterocycles. The van der Waals surface area contributed by atoms with Crippen molar-refractivity contribution >= 4 is 5.78 Å². The van der Waals surface area contributed by atoms with Crippen molar-refractivity contribution in [3.63, 3.8) is 0 Å². The molecule has 0 aliphatic rings. The Bertz CT molecular complexity index is 302. The summed E-state index contributed by atoms with van der Waals surface area (Å²) in [7, 11) is 0. The zero-order valence-corrected chi connectivity index (χ0v) is 6.26. The number of hydrogen-bond donors (Lipinski definition) is 0. The fourth-order valence-electron chi connectivity index (χ4n) is 0.831. The first-order valence-electron chi connectivity index (χ1n) is 3.26. The Kier molecular flexibility index (Phi) is 2.12. The summed E-state index contributed by atoms with van der Waals surface area (Å²) in [6, 6.07) is 1.74. The van der Waals surface area contributed by atoms with E-state index in [1.807, 2.05) is 6.92 Å². The van der Waals surface area contributed by atoms with Gasteiger partial charge in [-0.2, -0.15) is 0 Å². The van der Waals surface area contributed by atoms with Gasteiger partial charge in [0.2, 0.25) is 5.78 Å². The summed E-state index contributed by atoms with van der Waals surface area (Å²) < 4.78 is 4.93. The molecule has 0 aliphatic heterocycles. The van der Waals surface area contributed by atoms with Gasteiger partial charge in [-0.25, -0.2) is 0 Å². The fourth-order valence-corrected chi connectivity index (χ4v) is 0.831. The van der Waals surface area contributed by atoms with Crippen LogP contribution in [0, 0.1) is 19.3 Å². The van der Waals surface area contributed by atoms with Crippen LogP contribution in [0.5, 0.6) is 0 Å². The number of rotatable bonds is 2. The minimum absolute atomic E-state index is 0.106. The van der Waals surface area contributed by atoms with Crippen molar-refractivity contribution in [3.8, 4) is 12.3 Å². The van der Waals surface area contributed by atoms with E-state index in [9.17, 15) is 4.79 Å². The van der Waals surface area contributed by atoms with Gasteiger partial charge in [0.25, 0.3) is 0 Å². The lowest BCUT2D eigenvalue weighted by Crippen LogP contribution is -1.96. The first kappa shape index (κ1) is 7.62. The summed E-state index contributed by atoms with van der Waals surface area (Å²) >= 11 is 0. The number of aryl methyl sites for hydroxylation is 1. The molecule has 0 aliphatic carbocycles. The van der Waals surface area contributed by atoms with Gasteiger partial charge >= 0.3 is 0 Å². The van der Waals surface area contributed by atoms with Crippen molar-refractivity contribution in [3.05, 3.63) is 23.7 Å².